The summed E-state index contributed by atoms with van der Waals surface area (Å²) in [5.74, 6) is -1.84. The minimum Gasteiger partial charge on any atom is -0.507 e. The molecule has 7 heteroatoms. The van der Waals surface area contributed by atoms with Crippen LogP contribution in [0.1, 0.15) is 56.8 Å². The smallest absolute Gasteiger partial charge is 0.261 e. The fourth-order valence-electron chi connectivity index (χ4n) is 3.10. The normalized spacial score (nSPS) is 12.8. The predicted octanol–water partition coefficient (Wildman–Crippen LogP) is 2.51. The van der Waals surface area contributed by atoms with E-state index in [4.69, 9.17) is 0 Å². The first kappa shape index (κ1) is 19.3. The highest BCUT2D eigenvalue weighted by Crippen LogP contribution is 2.22. The van der Waals surface area contributed by atoms with E-state index in [2.05, 4.69) is 5.32 Å². The average Bonchev–Trinajstić information content (AvgIpc) is 2.93. The quantitative estimate of drug-likeness (QED) is 0.567. The van der Waals surface area contributed by atoms with Gasteiger partial charge in [-0.25, -0.2) is 0 Å². The van der Waals surface area contributed by atoms with Crippen LogP contribution in [0, 0.1) is 0 Å². The third-order valence-corrected chi connectivity index (χ3v) is 4.57. The number of fused-ring (bicyclic) bond motifs is 1. The van der Waals surface area contributed by atoms with Gasteiger partial charge in [0.15, 0.2) is 0 Å². The molecule has 0 radical (unpaired) electrons. The molecule has 0 saturated heterocycles. The number of nitrogens with one attached hydrogen (secondary N) is 1. The summed E-state index contributed by atoms with van der Waals surface area (Å²) in [6, 6.07) is 12.7. The van der Waals surface area contributed by atoms with Gasteiger partial charge in [0.25, 0.3) is 17.7 Å². The fraction of sp³-hybridized carbons (Fsp3) is 0.238. The molecule has 3 rings (SSSR count). The van der Waals surface area contributed by atoms with Crippen molar-refractivity contribution in [2.45, 2.75) is 25.7 Å². The number of imide groups is 2. The first-order valence-corrected chi connectivity index (χ1v) is 9.06. The molecule has 1 aliphatic rings. The van der Waals surface area contributed by atoms with Gasteiger partial charge in [-0.15, -0.1) is 0 Å². The topological polar surface area (TPSA) is 104 Å². The summed E-state index contributed by atoms with van der Waals surface area (Å²) in [6.45, 7) is 0.296. The number of nitrogens with zero attached hydrogens (tertiary/aromatic N) is 1. The van der Waals surface area contributed by atoms with E-state index in [0.717, 1.165) is 0 Å². The number of phenolic OH excluding ortho intramolecular Hbond substituents is 1. The Kier molecular flexibility index (Phi) is 5.84. The van der Waals surface area contributed by atoms with E-state index in [-0.39, 0.29) is 29.5 Å². The third-order valence-electron chi connectivity index (χ3n) is 4.57. The van der Waals surface area contributed by atoms with Gasteiger partial charge in [0.2, 0.25) is 5.91 Å². The van der Waals surface area contributed by atoms with Crippen LogP contribution in [-0.2, 0) is 4.79 Å². The molecular formula is C21H20N2O5. The number of unbranched alkanes of at least 4 members (excludes halogenated alkanes) is 2. The second-order valence-electron chi connectivity index (χ2n) is 6.51. The van der Waals surface area contributed by atoms with Gasteiger partial charge in [0.05, 0.1) is 16.7 Å². The minimum atomic E-state index is -0.644. The van der Waals surface area contributed by atoms with Crippen molar-refractivity contribution in [1.29, 1.82) is 0 Å². The van der Waals surface area contributed by atoms with Crippen molar-refractivity contribution in [3.05, 3.63) is 65.2 Å². The monoisotopic (exact) mass is 380 g/mol. The molecule has 2 aromatic carbocycles. The van der Waals surface area contributed by atoms with Crippen molar-refractivity contribution in [1.82, 2.24) is 10.2 Å². The molecule has 0 aliphatic carbocycles. The van der Waals surface area contributed by atoms with Gasteiger partial charge in [-0.3, -0.25) is 29.4 Å². The Bertz CT molecular complexity index is 903. The van der Waals surface area contributed by atoms with Crippen molar-refractivity contribution in [3.63, 3.8) is 0 Å². The highest BCUT2D eigenvalue weighted by atomic mass is 16.3. The molecule has 0 atom stereocenters. The maximum Gasteiger partial charge on any atom is 0.261 e. The zero-order valence-corrected chi connectivity index (χ0v) is 15.2. The van der Waals surface area contributed by atoms with Crippen LogP contribution in [0.4, 0.5) is 0 Å². The van der Waals surface area contributed by atoms with Crippen molar-refractivity contribution >= 4 is 23.6 Å². The van der Waals surface area contributed by atoms with Crippen LogP contribution in [0.3, 0.4) is 0 Å². The number of para-hydroxylation sites is 1. The molecule has 0 fully saturated rings. The average molecular weight is 380 g/mol. The summed E-state index contributed by atoms with van der Waals surface area (Å²) < 4.78 is 0. The number of carbonyl (C=O) groups is 4. The number of hydrogen-bond acceptors (Lipinski definition) is 5. The number of benzene rings is 2. The molecule has 0 bridgehead atoms. The maximum atomic E-state index is 12.2. The Balaban J connectivity index is 1.39. The molecule has 0 unspecified atom stereocenters. The Labute approximate surface area is 162 Å². The Morgan fingerprint density at radius 3 is 2.11 bits per heavy atom. The summed E-state index contributed by atoms with van der Waals surface area (Å²) in [6.07, 6.45) is 1.86. The molecule has 7 nitrogen and oxygen atoms in total. The molecule has 0 spiro atoms. The molecule has 1 aliphatic heterocycles. The molecular weight excluding hydrogens is 360 g/mol. The van der Waals surface area contributed by atoms with Crippen molar-refractivity contribution in [2.24, 2.45) is 0 Å². The van der Waals surface area contributed by atoms with Gasteiger partial charge < -0.3 is 5.11 Å². The molecule has 144 valence electrons. The fourth-order valence-corrected chi connectivity index (χ4v) is 3.10. The van der Waals surface area contributed by atoms with E-state index in [1.165, 1.54) is 17.0 Å². The van der Waals surface area contributed by atoms with Crippen molar-refractivity contribution in [2.75, 3.05) is 6.54 Å². The lowest BCUT2D eigenvalue weighted by molar-refractivity contribution is -0.120. The van der Waals surface area contributed by atoms with E-state index < -0.39 is 11.8 Å². The Morgan fingerprint density at radius 1 is 0.857 bits per heavy atom. The number of hydrogen-bond donors (Lipinski definition) is 2. The SMILES string of the molecule is O=C(CCCCCN1C(=O)c2ccccc2C1=O)NC(=O)c1ccccc1O. The Morgan fingerprint density at radius 2 is 1.46 bits per heavy atom. The maximum absolute atomic E-state index is 12.2. The van der Waals surface area contributed by atoms with Crippen molar-refractivity contribution in [3.8, 4) is 5.75 Å². The summed E-state index contributed by atoms with van der Waals surface area (Å²) in [4.78, 5) is 49.5. The molecule has 2 N–H and O–H groups in total. The van der Waals surface area contributed by atoms with E-state index in [9.17, 15) is 24.3 Å². The number of amides is 4. The number of aromatic hydroxyl groups is 1. The van der Waals surface area contributed by atoms with E-state index in [0.29, 0.717) is 36.9 Å². The van der Waals surface area contributed by atoms with Crippen LogP contribution in [0.15, 0.2) is 48.5 Å². The van der Waals surface area contributed by atoms with Gasteiger partial charge in [-0.2, -0.15) is 0 Å². The lowest BCUT2D eigenvalue weighted by Crippen LogP contribution is -2.31. The largest absolute Gasteiger partial charge is 0.507 e. The van der Waals surface area contributed by atoms with Crippen LogP contribution >= 0.6 is 0 Å². The van der Waals surface area contributed by atoms with Crippen LogP contribution in [-0.4, -0.2) is 40.2 Å². The van der Waals surface area contributed by atoms with Gasteiger partial charge in [0.1, 0.15) is 5.75 Å². The standard InChI is InChI=1S/C21H20N2O5/c24-17-11-6-5-10-16(17)19(26)22-18(25)12-2-1-7-13-23-20(27)14-8-3-4-9-15(14)21(23)28/h3-6,8-11,24H,1-2,7,12-13H2,(H,22,25,26). The molecule has 4 amide bonds. The molecule has 0 saturated carbocycles. The molecule has 0 aromatic heterocycles. The second kappa shape index (κ2) is 8.47. The van der Waals surface area contributed by atoms with Gasteiger partial charge in [-0.05, 0) is 37.1 Å². The van der Waals surface area contributed by atoms with Gasteiger partial charge in [-0.1, -0.05) is 30.7 Å². The van der Waals surface area contributed by atoms with E-state index in [1.54, 1.807) is 36.4 Å². The second-order valence-corrected chi connectivity index (χ2v) is 6.51. The zero-order valence-electron chi connectivity index (χ0n) is 15.2. The lowest BCUT2D eigenvalue weighted by Gasteiger charge is -2.13. The summed E-state index contributed by atoms with van der Waals surface area (Å²) in [5.41, 5.74) is 0.894. The van der Waals surface area contributed by atoms with E-state index >= 15 is 0 Å². The zero-order chi connectivity index (χ0) is 20.1. The number of phenols is 1. The molecule has 2 aromatic rings. The van der Waals surface area contributed by atoms with Crippen LogP contribution in [0.5, 0.6) is 5.75 Å². The third kappa shape index (κ3) is 4.09. The highest BCUT2D eigenvalue weighted by molar-refractivity contribution is 6.21. The molecule has 28 heavy (non-hydrogen) atoms. The van der Waals surface area contributed by atoms with Crippen molar-refractivity contribution < 1.29 is 24.3 Å². The summed E-state index contributed by atoms with van der Waals surface area (Å²) in [5, 5.41) is 11.9. The first-order valence-electron chi connectivity index (χ1n) is 9.06. The van der Waals surface area contributed by atoms with Crippen LogP contribution < -0.4 is 5.32 Å². The number of carbonyl (C=O) groups excluding carboxylic acids is 4. The van der Waals surface area contributed by atoms with Gasteiger partial charge in [0, 0.05) is 13.0 Å². The molecule has 1 heterocycles. The van der Waals surface area contributed by atoms with E-state index in [1.807, 2.05) is 0 Å². The van der Waals surface area contributed by atoms with Crippen LogP contribution in [0.25, 0.3) is 0 Å². The summed E-state index contributed by atoms with van der Waals surface area (Å²) in [7, 11) is 0. The highest BCUT2D eigenvalue weighted by Gasteiger charge is 2.34. The first-order chi connectivity index (χ1) is 13.5. The van der Waals surface area contributed by atoms with Gasteiger partial charge >= 0.3 is 0 Å². The predicted molar refractivity (Wildman–Crippen MR) is 101 cm³/mol. The number of rotatable bonds is 7. The van der Waals surface area contributed by atoms with Crippen LogP contribution in [0.2, 0.25) is 0 Å². The lowest BCUT2D eigenvalue weighted by atomic mass is 10.1. The minimum absolute atomic E-state index is 0.0430. The summed E-state index contributed by atoms with van der Waals surface area (Å²) >= 11 is 0. The Hall–Kier alpha value is -3.48.